The van der Waals surface area contributed by atoms with Crippen LogP contribution in [0.5, 0.6) is 0 Å². The Morgan fingerprint density at radius 1 is 1.25 bits per heavy atom. The summed E-state index contributed by atoms with van der Waals surface area (Å²) < 4.78 is 12.8. The van der Waals surface area contributed by atoms with E-state index in [9.17, 15) is 9.18 Å². The molecule has 0 aliphatic carbocycles. The van der Waals surface area contributed by atoms with E-state index in [1.165, 1.54) is 12.1 Å². The zero-order chi connectivity index (χ0) is 14.5. The van der Waals surface area contributed by atoms with Crippen LogP contribution < -0.4 is 5.32 Å². The molecule has 0 atom stereocenters. The Morgan fingerprint density at radius 2 is 1.95 bits per heavy atom. The van der Waals surface area contributed by atoms with E-state index in [1.807, 2.05) is 0 Å². The van der Waals surface area contributed by atoms with Crippen LogP contribution in [0.15, 0.2) is 42.6 Å². The number of halogens is 1. The molecule has 1 N–H and O–H groups in total. The minimum absolute atomic E-state index is 0.169. The average Bonchev–Trinajstić information content (AvgIpc) is 2.49. The number of hydrogen-bond donors (Lipinski definition) is 1. The molecular formula is C15H16FN3O. The first-order valence-corrected chi connectivity index (χ1v) is 6.24. The summed E-state index contributed by atoms with van der Waals surface area (Å²) in [5, 5.41) is 2.94. The molecule has 0 unspecified atom stereocenters. The van der Waals surface area contributed by atoms with Gasteiger partial charge in [0.2, 0.25) is 0 Å². The normalized spacial score (nSPS) is 10.2. The van der Waals surface area contributed by atoms with Gasteiger partial charge in [0.15, 0.2) is 0 Å². The lowest BCUT2D eigenvalue weighted by Crippen LogP contribution is -2.27. The van der Waals surface area contributed by atoms with Gasteiger partial charge in [0.05, 0.1) is 11.9 Å². The van der Waals surface area contributed by atoms with E-state index in [2.05, 4.69) is 10.3 Å². The van der Waals surface area contributed by atoms with Crippen molar-refractivity contribution >= 4 is 11.6 Å². The number of hydrogen-bond acceptors (Lipinski definition) is 3. The van der Waals surface area contributed by atoms with Crippen LogP contribution in [-0.4, -0.2) is 29.9 Å². The maximum absolute atomic E-state index is 12.8. The fraction of sp³-hybridized carbons (Fsp3) is 0.200. The molecule has 0 fully saturated rings. The van der Waals surface area contributed by atoms with Crippen molar-refractivity contribution in [1.82, 2.24) is 9.88 Å². The zero-order valence-corrected chi connectivity index (χ0v) is 11.4. The molecule has 1 heterocycles. The Bertz CT molecular complexity index is 581. The van der Waals surface area contributed by atoms with Crippen molar-refractivity contribution in [3.05, 3.63) is 59.7 Å². The van der Waals surface area contributed by atoms with Crippen molar-refractivity contribution in [2.75, 3.05) is 19.4 Å². The number of carbonyl (C=O) groups excluding carboxylic acids is 1. The van der Waals surface area contributed by atoms with Crippen LogP contribution in [0.4, 0.5) is 10.1 Å². The standard InChI is InChI=1S/C15H16FN3O/c1-17-13-7-8-14(18-9-13)15(20)19(2)10-11-3-5-12(16)6-4-11/h3-9,17H,10H2,1-2H3. The number of rotatable bonds is 4. The van der Waals surface area contributed by atoms with Crippen LogP contribution in [0.3, 0.4) is 0 Å². The maximum Gasteiger partial charge on any atom is 0.272 e. The summed E-state index contributed by atoms with van der Waals surface area (Å²) in [5.74, 6) is -0.455. The van der Waals surface area contributed by atoms with Crippen molar-refractivity contribution in [2.24, 2.45) is 0 Å². The molecule has 104 valence electrons. The number of carbonyl (C=O) groups is 1. The van der Waals surface area contributed by atoms with Crippen LogP contribution in [0, 0.1) is 5.82 Å². The predicted octanol–water partition coefficient (Wildman–Crippen LogP) is 2.53. The summed E-state index contributed by atoms with van der Waals surface area (Å²) in [6, 6.07) is 9.57. The molecule has 1 aromatic heterocycles. The van der Waals surface area contributed by atoms with Gasteiger partial charge in [-0.25, -0.2) is 9.37 Å². The highest BCUT2D eigenvalue weighted by atomic mass is 19.1. The lowest BCUT2D eigenvalue weighted by Gasteiger charge is -2.17. The largest absolute Gasteiger partial charge is 0.387 e. The summed E-state index contributed by atoms with van der Waals surface area (Å²) in [6.45, 7) is 0.411. The lowest BCUT2D eigenvalue weighted by molar-refractivity contribution is 0.0779. The Kier molecular flexibility index (Phi) is 4.30. The third-order valence-corrected chi connectivity index (χ3v) is 2.95. The van der Waals surface area contributed by atoms with E-state index in [0.29, 0.717) is 12.2 Å². The van der Waals surface area contributed by atoms with Crippen LogP contribution in [0.1, 0.15) is 16.1 Å². The summed E-state index contributed by atoms with van der Waals surface area (Å²) in [5.41, 5.74) is 2.10. The monoisotopic (exact) mass is 273 g/mol. The van der Waals surface area contributed by atoms with E-state index in [4.69, 9.17) is 0 Å². The van der Waals surface area contributed by atoms with Gasteiger partial charge in [-0.05, 0) is 29.8 Å². The Balaban J connectivity index is 2.05. The van der Waals surface area contributed by atoms with Crippen LogP contribution in [0.2, 0.25) is 0 Å². The Labute approximate surface area is 117 Å². The van der Waals surface area contributed by atoms with E-state index in [-0.39, 0.29) is 11.7 Å². The number of pyridine rings is 1. The van der Waals surface area contributed by atoms with E-state index in [0.717, 1.165) is 11.3 Å². The highest BCUT2D eigenvalue weighted by Crippen LogP contribution is 2.10. The Morgan fingerprint density at radius 3 is 2.50 bits per heavy atom. The van der Waals surface area contributed by atoms with Gasteiger partial charge in [0.25, 0.3) is 5.91 Å². The number of aromatic nitrogens is 1. The van der Waals surface area contributed by atoms with E-state index >= 15 is 0 Å². The Hall–Kier alpha value is -2.43. The number of anilines is 1. The smallest absolute Gasteiger partial charge is 0.272 e. The van der Waals surface area contributed by atoms with Gasteiger partial charge in [-0.2, -0.15) is 0 Å². The second-order valence-electron chi connectivity index (χ2n) is 4.47. The first kappa shape index (κ1) is 14.0. The number of amides is 1. The molecule has 0 saturated carbocycles. The third-order valence-electron chi connectivity index (χ3n) is 2.95. The van der Waals surface area contributed by atoms with E-state index < -0.39 is 0 Å². The number of benzene rings is 1. The predicted molar refractivity (Wildman–Crippen MR) is 76.0 cm³/mol. The number of nitrogens with zero attached hydrogens (tertiary/aromatic N) is 2. The fourth-order valence-corrected chi connectivity index (χ4v) is 1.80. The quantitative estimate of drug-likeness (QED) is 0.931. The molecule has 0 aliphatic heterocycles. The van der Waals surface area contributed by atoms with Gasteiger partial charge in [0.1, 0.15) is 11.5 Å². The highest BCUT2D eigenvalue weighted by molar-refractivity contribution is 5.92. The SMILES string of the molecule is CNc1ccc(C(=O)N(C)Cc2ccc(F)cc2)nc1. The molecule has 0 spiro atoms. The molecule has 0 saturated heterocycles. The van der Waals surface area contributed by atoms with E-state index in [1.54, 1.807) is 49.5 Å². The van der Waals surface area contributed by atoms with Gasteiger partial charge in [0, 0.05) is 20.6 Å². The van der Waals surface area contributed by atoms with Crippen molar-refractivity contribution < 1.29 is 9.18 Å². The summed E-state index contributed by atoms with van der Waals surface area (Å²) in [6.07, 6.45) is 1.61. The molecule has 4 nitrogen and oxygen atoms in total. The first-order valence-electron chi connectivity index (χ1n) is 6.24. The second-order valence-corrected chi connectivity index (χ2v) is 4.47. The van der Waals surface area contributed by atoms with Crippen molar-refractivity contribution in [3.63, 3.8) is 0 Å². The fourth-order valence-electron chi connectivity index (χ4n) is 1.80. The highest BCUT2D eigenvalue weighted by Gasteiger charge is 2.13. The molecule has 1 aromatic carbocycles. The van der Waals surface area contributed by atoms with Gasteiger partial charge >= 0.3 is 0 Å². The zero-order valence-electron chi connectivity index (χ0n) is 11.4. The molecule has 0 radical (unpaired) electrons. The topological polar surface area (TPSA) is 45.2 Å². The van der Waals surface area contributed by atoms with Gasteiger partial charge < -0.3 is 10.2 Å². The minimum atomic E-state index is -0.285. The molecule has 2 aromatic rings. The van der Waals surface area contributed by atoms with Gasteiger partial charge in [-0.3, -0.25) is 4.79 Å². The molecule has 0 aliphatic rings. The van der Waals surface area contributed by atoms with Gasteiger partial charge in [-0.15, -0.1) is 0 Å². The lowest BCUT2D eigenvalue weighted by atomic mass is 10.2. The third kappa shape index (κ3) is 3.32. The molecule has 2 rings (SSSR count). The minimum Gasteiger partial charge on any atom is -0.387 e. The average molecular weight is 273 g/mol. The maximum atomic E-state index is 12.8. The number of nitrogens with one attached hydrogen (secondary N) is 1. The van der Waals surface area contributed by atoms with Crippen molar-refractivity contribution in [2.45, 2.75) is 6.54 Å². The molecular weight excluding hydrogens is 257 g/mol. The van der Waals surface area contributed by atoms with Crippen molar-refractivity contribution in [3.8, 4) is 0 Å². The summed E-state index contributed by atoms with van der Waals surface area (Å²) in [7, 11) is 3.48. The van der Waals surface area contributed by atoms with Gasteiger partial charge in [-0.1, -0.05) is 12.1 Å². The summed E-state index contributed by atoms with van der Waals surface area (Å²) >= 11 is 0. The van der Waals surface area contributed by atoms with Crippen LogP contribution >= 0.6 is 0 Å². The van der Waals surface area contributed by atoms with Crippen molar-refractivity contribution in [1.29, 1.82) is 0 Å². The molecule has 1 amide bonds. The van der Waals surface area contributed by atoms with Crippen LogP contribution in [-0.2, 0) is 6.54 Å². The first-order chi connectivity index (χ1) is 9.60. The summed E-state index contributed by atoms with van der Waals surface area (Å²) in [4.78, 5) is 17.8. The molecule has 5 heteroatoms. The molecule has 0 bridgehead atoms. The second kappa shape index (κ2) is 6.14. The molecule has 20 heavy (non-hydrogen) atoms. The van der Waals surface area contributed by atoms with Crippen LogP contribution in [0.25, 0.3) is 0 Å².